The van der Waals surface area contributed by atoms with E-state index in [1.807, 2.05) is 36.1 Å². The molecule has 6 heteroatoms. The Morgan fingerprint density at radius 1 is 1.22 bits per heavy atom. The number of nitrogens with zero attached hydrogens (tertiary/aromatic N) is 3. The lowest BCUT2D eigenvalue weighted by Crippen LogP contribution is -2.28. The zero-order valence-corrected chi connectivity index (χ0v) is 13.8. The maximum absolute atomic E-state index is 12.5. The van der Waals surface area contributed by atoms with Gasteiger partial charge in [-0.1, -0.05) is 23.7 Å². The van der Waals surface area contributed by atoms with Gasteiger partial charge in [-0.05, 0) is 43.5 Å². The summed E-state index contributed by atoms with van der Waals surface area (Å²) in [5.41, 5.74) is 2.31. The molecule has 1 aromatic heterocycles. The summed E-state index contributed by atoms with van der Waals surface area (Å²) in [5, 5.41) is 3.88. The number of aromatic nitrogens is 2. The van der Waals surface area contributed by atoms with E-state index in [1.54, 1.807) is 6.07 Å². The number of aryl methyl sites for hydroxylation is 1. The van der Waals surface area contributed by atoms with Crippen molar-refractivity contribution in [2.75, 3.05) is 18.4 Å². The van der Waals surface area contributed by atoms with Crippen molar-refractivity contribution < 1.29 is 4.79 Å². The second-order valence-corrected chi connectivity index (χ2v) is 6.13. The molecule has 120 valence electrons. The Morgan fingerprint density at radius 2 is 1.91 bits per heavy atom. The minimum atomic E-state index is -0.0115. The van der Waals surface area contributed by atoms with Crippen LogP contribution in [0.3, 0.4) is 0 Å². The molecule has 0 unspecified atom stereocenters. The molecular weight excluding hydrogens is 312 g/mol. The zero-order chi connectivity index (χ0) is 16.2. The Labute approximate surface area is 140 Å². The molecule has 1 fully saturated rings. The highest BCUT2D eigenvalue weighted by Crippen LogP contribution is 2.14. The number of hydrogen-bond donors (Lipinski definition) is 1. The highest BCUT2D eigenvalue weighted by atomic mass is 35.5. The van der Waals surface area contributed by atoms with Crippen molar-refractivity contribution in [2.24, 2.45) is 0 Å². The Kier molecular flexibility index (Phi) is 4.76. The molecule has 1 saturated heterocycles. The largest absolute Gasteiger partial charge is 0.350 e. The van der Waals surface area contributed by atoms with Crippen LogP contribution in [0.4, 0.5) is 5.95 Å². The first-order chi connectivity index (χ1) is 11.1. The summed E-state index contributed by atoms with van der Waals surface area (Å²) in [6.07, 6.45) is 2.13. The SMILES string of the molecule is Cc1cc(C(=O)N2CCCC2)nc(NCc2ccc(Cl)cc2)n1. The monoisotopic (exact) mass is 330 g/mol. The van der Waals surface area contributed by atoms with Crippen LogP contribution in [0.15, 0.2) is 30.3 Å². The van der Waals surface area contributed by atoms with Gasteiger partial charge in [0.15, 0.2) is 0 Å². The average Bonchev–Trinajstić information content (AvgIpc) is 3.07. The molecule has 3 rings (SSSR count). The lowest BCUT2D eigenvalue weighted by molar-refractivity contribution is 0.0787. The van der Waals surface area contributed by atoms with Crippen molar-refractivity contribution in [1.29, 1.82) is 0 Å². The number of likely N-dealkylation sites (tertiary alicyclic amines) is 1. The van der Waals surface area contributed by atoms with Gasteiger partial charge in [0.2, 0.25) is 5.95 Å². The minimum Gasteiger partial charge on any atom is -0.350 e. The number of halogens is 1. The Morgan fingerprint density at radius 3 is 2.61 bits per heavy atom. The van der Waals surface area contributed by atoms with E-state index >= 15 is 0 Å². The van der Waals surface area contributed by atoms with Gasteiger partial charge in [-0.15, -0.1) is 0 Å². The topological polar surface area (TPSA) is 58.1 Å². The normalized spacial score (nSPS) is 14.1. The lowest BCUT2D eigenvalue weighted by Gasteiger charge is -2.15. The molecule has 2 aromatic rings. The number of rotatable bonds is 4. The number of hydrogen-bond acceptors (Lipinski definition) is 4. The van der Waals surface area contributed by atoms with Crippen LogP contribution in [0.2, 0.25) is 5.02 Å². The Balaban J connectivity index is 1.72. The van der Waals surface area contributed by atoms with Gasteiger partial charge in [-0.2, -0.15) is 0 Å². The molecule has 0 spiro atoms. The standard InChI is InChI=1S/C17H19ClN4O/c1-12-10-15(16(23)22-8-2-3-9-22)21-17(20-12)19-11-13-4-6-14(18)7-5-13/h4-7,10H,2-3,8-9,11H2,1H3,(H,19,20,21). The van der Waals surface area contributed by atoms with Crippen LogP contribution in [-0.4, -0.2) is 33.9 Å². The molecule has 1 amide bonds. The van der Waals surface area contributed by atoms with Crippen molar-refractivity contribution in [1.82, 2.24) is 14.9 Å². The zero-order valence-electron chi connectivity index (χ0n) is 13.1. The highest BCUT2D eigenvalue weighted by molar-refractivity contribution is 6.30. The third-order valence-corrected chi connectivity index (χ3v) is 4.08. The number of carbonyl (C=O) groups excluding carboxylic acids is 1. The molecule has 0 radical (unpaired) electrons. The molecule has 5 nitrogen and oxygen atoms in total. The first-order valence-corrected chi connectivity index (χ1v) is 8.13. The fraction of sp³-hybridized carbons (Fsp3) is 0.353. The molecule has 0 bridgehead atoms. The van der Waals surface area contributed by atoms with Crippen molar-refractivity contribution in [3.05, 3.63) is 52.3 Å². The Bertz CT molecular complexity index is 696. The summed E-state index contributed by atoms with van der Waals surface area (Å²) >= 11 is 5.88. The summed E-state index contributed by atoms with van der Waals surface area (Å²) in [6, 6.07) is 9.33. The van der Waals surface area contributed by atoms with E-state index in [2.05, 4.69) is 15.3 Å². The van der Waals surface area contributed by atoms with Crippen molar-refractivity contribution in [2.45, 2.75) is 26.3 Å². The van der Waals surface area contributed by atoms with E-state index in [-0.39, 0.29) is 5.91 Å². The molecule has 1 aliphatic heterocycles. The van der Waals surface area contributed by atoms with Gasteiger partial charge in [0.1, 0.15) is 5.69 Å². The predicted octanol–water partition coefficient (Wildman–Crippen LogP) is 3.29. The summed E-state index contributed by atoms with van der Waals surface area (Å²) < 4.78 is 0. The van der Waals surface area contributed by atoms with Gasteiger partial charge in [0.25, 0.3) is 5.91 Å². The molecule has 0 atom stereocenters. The van der Waals surface area contributed by atoms with Gasteiger partial charge < -0.3 is 10.2 Å². The fourth-order valence-corrected chi connectivity index (χ4v) is 2.75. The van der Waals surface area contributed by atoms with Crippen LogP contribution in [0.5, 0.6) is 0 Å². The van der Waals surface area contributed by atoms with Gasteiger partial charge >= 0.3 is 0 Å². The summed E-state index contributed by atoms with van der Waals surface area (Å²) in [4.78, 5) is 23.0. The second-order valence-electron chi connectivity index (χ2n) is 5.70. The molecule has 1 aromatic carbocycles. The molecule has 1 aliphatic rings. The summed E-state index contributed by atoms with van der Waals surface area (Å²) in [5.74, 6) is 0.463. The Hall–Kier alpha value is -2.14. The van der Waals surface area contributed by atoms with Crippen LogP contribution in [0.1, 0.15) is 34.6 Å². The van der Waals surface area contributed by atoms with Crippen LogP contribution >= 0.6 is 11.6 Å². The van der Waals surface area contributed by atoms with Crippen LogP contribution < -0.4 is 5.32 Å². The summed E-state index contributed by atoms with van der Waals surface area (Å²) in [7, 11) is 0. The van der Waals surface area contributed by atoms with E-state index in [0.29, 0.717) is 23.2 Å². The van der Waals surface area contributed by atoms with Crippen LogP contribution in [0.25, 0.3) is 0 Å². The molecule has 0 saturated carbocycles. The summed E-state index contributed by atoms with van der Waals surface area (Å²) in [6.45, 7) is 4.08. The molecule has 23 heavy (non-hydrogen) atoms. The number of carbonyl (C=O) groups is 1. The maximum atomic E-state index is 12.5. The third-order valence-electron chi connectivity index (χ3n) is 3.83. The number of anilines is 1. The molecular formula is C17H19ClN4O. The van der Waals surface area contributed by atoms with E-state index in [9.17, 15) is 4.79 Å². The van der Waals surface area contributed by atoms with Crippen LogP contribution in [-0.2, 0) is 6.54 Å². The van der Waals surface area contributed by atoms with Gasteiger partial charge in [0, 0.05) is 30.4 Å². The van der Waals surface area contributed by atoms with E-state index in [1.165, 1.54) is 0 Å². The van der Waals surface area contributed by atoms with Crippen molar-refractivity contribution >= 4 is 23.5 Å². The number of benzene rings is 1. The molecule has 0 aliphatic carbocycles. The van der Waals surface area contributed by atoms with Gasteiger partial charge in [-0.3, -0.25) is 4.79 Å². The number of amides is 1. The predicted molar refractivity (Wildman–Crippen MR) is 90.7 cm³/mol. The number of nitrogens with one attached hydrogen (secondary N) is 1. The fourth-order valence-electron chi connectivity index (χ4n) is 2.62. The average molecular weight is 331 g/mol. The third kappa shape index (κ3) is 3.99. The first kappa shape index (κ1) is 15.7. The smallest absolute Gasteiger partial charge is 0.272 e. The minimum absolute atomic E-state index is 0.0115. The van der Waals surface area contributed by atoms with Crippen molar-refractivity contribution in [3.63, 3.8) is 0 Å². The maximum Gasteiger partial charge on any atom is 0.272 e. The van der Waals surface area contributed by atoms with Gasteiger partial charge in [0.05, 0.1) is 0 Å². The first-order valence-electron chi connectivity index (χ1n) is 7.75. The highest BCUT2D eigenvalue weighted by Gasteiger charge is 2.21. The van der Waals surface area contributed by atoms with E-state index in [0.717, 1.165) is 37.2 Å². The van der Waals surface area contributed by atoms with Crippen molar-refractivity contribution in [3.8, 4) is 0 Å². The van der Waals surface area contributed by atoms with Crippen LogP contribution in [0, 0.1) is 6.92 Å². The van der Waals surface area contributed by atoms with E-state index in [4.69, 9.17) is 11.6 Å². The van der Waals surface area contributed by atoms with Gasteiger partial charge in [-0.25, -0.2) is 9.97 Å². The molecule has 1 N–H and O–H groups in total. The van der Waals surface area contributed by atoms with E-state index < -0.39 is 0 Å². The quantitative estimate of drug-likeness (QED) is 0.934. The lowest BCUT2D eigenvalue weighted by atomic mass is 10.2. The molecule has 2 heterocycles. The second kappa shape index (κ2) is 6.96.